The first-order chi connectivity index (χ1) is 9.27. The highest BCUT2D eigenvalue weighted by Gasteiger charge is 2.06. The summed E-state index contributed by atoms with van der Waals surface area (Å²) in [5.41, 5.74) is 2.08. The Bertz CT molecular complexity index is 344. The van der Waals surface area contributed by atoms with Crippen molar-refractivity contribution in [2.75, 3.05) is 32.2 Å². The van der Waals surface area contributed by atoms with Gasteiger partial charge in [-0.2, -0.15) is 0 Å². The van der Waals surface area contributed by atoms with Crippen LogP contribution in [0.2, 0.25) is 0 Å². The largest absolute Gasteiger partial charge is 0.389 e. The highest BCUT2D eigenvalue weighted by atomic mass is 16.5. The Morgan fingerprint density at radius 2 is 2.11 bits per heavy atom. The van der Waals surface area contributed by atoms with Gasteiger partial charge in [-0.15, -0.1) is 0 Å². The van der Waals surface area contributed by atoms with E-state index in [4.69, 9.17) is 9.47 Å². The van der Waals surface area contributed by atoms with E-state index < -0.39 is 6.10 Å². The third-order valence-electron chi connectivity index (χ3n) is 2.80. The minimum atomic E-state index is -0.493. The summed E-state index contributed by atoms with van der Waals surface area (Å²) in [6.45, 7) is 4.25. The van der Waals surface area contributed by atoms with E-state index in [1.165, 1.54) is 0 Å². The number of hydrogen-bond acceptors (Lipinski definition) is 4. The Balaban J connectivity index is 2.31. The molecule has 0 heterocycles. The maximum Gasteiger partial charge on any atom is 0.0945 e. The van der Waals surface area contributed by atoms with E-state index >= 15 is 0 Å². The average Bonchev–Trinajstić information content (AvgIpc) is 2.43. The SMILES string of the molecule is CCCCOCC(O)CNc1ccccc1COC. The summed E-state index contributed by atoms with van der Waals surface area (Å²) in [5.74, 6) is 0. The fourth-order valence-corrected chi connectivity index (χ4v) is 1.73. The number of aliphatic hydroxyl groups excluding tert-OH is 1. The minimum Gasteiger partial charge on any atom is -0.389 e. The van der Waals surface area contributed by atoms with Crippen molar-refractivity contribution < 1.29 is 14.6 Å². The van der Waals surface area contributed by atoms with Gasteiger partial charge in [0.15, 0.2) is 0 Å². The van der Waals surface area contributed by atoms with Crippen LogP contribution in [0.3, 0.4) is 0 Å². The van der Waals surface area contributed by atoms with Crippen molar-refractivity contribution in [2.45, 2.75) is 32.5 Å². The molecule has 0 spiro atoms. The van der Waals surface area contributed by atoms with Gasteiger partial charge in [0.2, 0.25) is 0 Å². The number of ether oxygens (including phenoxy) is 2. The third kappa shape index (κ3) is 6.57. The van der Waals surface area contributed by atoms with Crippen molar-refractivity contribution in [3.63, 3.8) is 0 Å². The summed E-state index contributed by atoms with van der Waals surface area (Å²) in [6.07, 6.45) is 1.66. The molecule has 0 aliphatic heterocycles. The number of rotatable bonds is 10. The van der Waals surface area contributed by atoms with E-state index in [0.29, 0.717) is 26.4 Å². The lowest BCUT2D eigenvalue weighted by atomic mass is 10.2. The van der Waals surface area contributed by atoms with Crippen LogP contribution in [-0.2, 0) is 16.1 Å². The fraction of sp³-hybridized carbons (Fsp3) is 0.600. The molecule has 0 saturated carbocycles. The third-order valence-corrected chi connectivity index (χ3v) is 2.80. The van der Waals surface area contributed by atoms with Crippen molar-refractivity contribution in [3.8, 4) is 0 Å². The Morgan fingerprint density at radius 3 is 2.84 bits per heavy atom. The van der Waals surface area contributed by atoms with Gasteiger partial charge in [0, 0.05) is 31.5 Å². The first-order valence-electron chi connectivity index (χ1n) is 6.84. The van der Waals surface area contributed by atoms with E-state index in [0.717, 1.165) is 24.1 Å². The summed E-state index contributed by atoms with van der Waals surface area (Å²) >= 11 is 0. The van der Waals surface area contributed by atoms with Gasteiger partial charge < -0.3 is 19.9 Å². The second kappa shape index (κ2) is 9.78. The molecule has 0 amide bonds. The fourth-order valence-electron chi connectivity index (χ4n) is 1.73. The van der Waals surface area contributed by atoms with Gasteiger partial charge in [0.1, 0.15) is 0 Å². The molecular weight excluding hydrogens is 242 g/mol. The molecule has 0 bridgehead atoms. The van der Waals surface area contributed by atoms with Crippen molar-refractivity contribution in [1.29, 1.82) is 0 Å². The van der Waals surface area contributed by atoms with Gasteiger partial charge in [-0.25, -0.2) is 0 Å². The van der Waals surface area contributed by atoms with Crippen LogP contribution in [0.15, 0.2) is 24.3 Å². The number of hydrogen-bond donors (Lipinski definition) is 2. The molecular formula is C15H25NO3. The van der Waals surface area contributed by atoms with E-state index in [1.807, 2.05) is 24.3 Å². The monoisotopic (exact) mass is 267 g/mol. The topological polar surface area (TPSA) is 50.7 Å². The molecule has 0 saturated heterocycles. The first kappa shape index (κ1) is 16.0. The zero-order chi connectivity index (χ0) is 13.9. The second-order valence-corrected chi connectivity index (χ2v) is 4.55. The molecule has 1 unspecified atom stereocenters. The predicted octanol–water partition coefficient (Wildman–Crippen LogP) is 2.42. The van der Waals surface area contributed by atoms with Crippen LogP contribution in [0, 0.1) is 0 Å². The lowest BCUT2D eigenvalue weighted by Crippen LogP contribution is -2.25. The highest BCUT2D eigenvalue weighted by Crippen LogP contribution is 2.15. The van der Waals surface area contributed by atoms with Gasteiger partial charge in [0.25, 0.3) is 0 Å². The molecule has 0 aromatic heterocycles. The molecule has 1 aromatic rings. The smallest absolute Gasteiger partial charge is 0.0945 e. The average molecular weight is 267 g/mol. The molecule has 0 radical (unpaired) electrons. The van der Waals surface area contributed by atoms with E-state index in [9.17, 15) is 5.11 Å². The molecule has 2 N–H and O–H groups in total. The van der Waals surface area contributed by atoms with Crippen LogP contribution in [0.1, 0.15) is 25.3 Å². The van der Waals surface area contributed by atoms with Crippen LogP contribution < -0.4 is 5.32 Å². The number of aliphatic hydroxyl groups is 1. The number of unbranched alkanes of at least 4 members (excludes halogenated alkanes) is 1. The van der Waals surface area contributed by atoms with Crippen molar-refractivity contribution in [3.05, 3.63) is 29.8 Å². The summed E-state index contributed by atoms with van der Waals surface area (Å²) in [6, 6.07) is 7.93. The van der Waals surface area contributed by atoms with E-state index in [1.54, 1.807) is 7.11 Å². The maximum atomic E-state index is 9.81. The van der Waals surface area contributed by atoms with Gasteiger partial charge in [-0.05, 0) is 12.5 Å². The van der Waals surface area contributed by atoms with E-state index in [-0.39, 0.29) is 0 Å². The maximum absolute atomic E-state index is 9.81. The Kier molecular flexibility index (Phi) is 8.21. The van der Waals surface area contributed by atoms with Gasteiger partial charge in [0.05, 0.1) is 19.3 Å². The predicted molar refractivity (Wildman–Crippen MR) is 77.4 cm³/mol. The molecule has 1 atom stereocenters. The zero-order valence-corrected chi connectivity index (χ0v) is 11.9. The standard InChI is InChI=1S/C15H25NO3/c1-3-4-9-19-12-14(17)10-16-15-8-6-5-7-13(15)11-18-2/h5-8,14,16-17H,3-4,9-12H2,1-2H3. The Hall–Kier alpha value is -1.10. The van der Waals surface area contributed by atoms with Crippen molar-refractivity contribution in [2.24, 2.45) is 0 Å². The first-order valence-corrected chi connectivity index (χ1v) is 6.84. The second-order valence-electron chi connectivity index (χ2n) is 4.55. The van der Waals surface area contributed by atoms with Crippen LogP contribution in [0.25, 0.3) is 0 Å². The van der Waals surface area contributed by atoms with Gasteiger partial charge in [-0.3, -0.25) is 0 Å². The van der Waals surface area contributed by atoms with Crippen molar-refractivity contribution >= 4 is 5.69 Å². The molecule has 0 fully saturated rings. The summed E-state index contributed by atoms with van der Waals surface area (Å²) in [5, 5.41) is 13.0. The summed E-state index contributed by atoms with van der Waals surface area (Å²) in [7, 11) is 1.67. The minimum absolute atomic E-state index is 0.374. The van der Waals surface area contributed by atoms with Crippen LogP contribution in [-0.4, -0.2) is 38.1 Å². The van der Waals surface area contributed by atoms with Gasteiger partial charge >= 0.3 is 0 Å². The zero-order valence-electron chi connectivity index (χ0n) is 11.9. The van der Waals surface area contributed by atoms with Crippen LogP contribution in [0.4, 0.5) is 5.69 Å². The molecule has 19 heavy (non-hydrogen) atoms. The van der Waals surface area contributed by atoms with Crippen LogP contribution in [0.5, 0.6) is 0 Å². The molecule has 4 nitrogen and oxygen atoms in total. The number of anilines is 1. The normalized spacial score (nSPS) is 12.4. The molecule has 108 valence electrons. The van der Waals surface area contributed by atoms with E-state index in [2.05, 4.69) is 12.2 Å². The molecule has 1 aromatic carbocycles. The number of benzene rings is 1. The van der Waals surface area contributed by atoms with Gasteiger partial charge in [-0.1, -0.05) is 31.5 Å². The summed E-state index contributed by atoms with van der Waals surface area (Å²) < 4.78 is 10.5. The molecule has 0 aliphatic carbocycles. The number of para-hydroxylation sites is 1. The molecule has 0 aliphatic rings. The lowest BCUT2D eigenvalue weighted by molar-refractivity contribution is 0.0421. The van der Waals surface area contributed by atoms with Crippen LogP contribution >= 0.6 is 0 Å². The summed E-state index contributed by atoms with van der Waals surface area (Å²) in [4.78, 5) is 0. The Morgan fingerprint density at radius 1 is 1.32 bits per heavy atom. The number of methoxy groups -OCH3 is 1. The number of nitrogens with one attached hydrogen (secondary N) is 1. The molecule has 4 heteroatoms. The highest BCUT2D eigenvalue weighted by molar-refractivity contribution is 5.50. The molecule has 1 rings (SSSR count). The lowest BCUT2D eigenvalue weighted by Gasteiger charge is -2.15. The van der Waals surface area contributed by atoms with Crippen molar-refractivity contribution in [1.82, 2.24) is 0 Å². The quantitative estimate of drug-likeness (QED) is 0.639. The Labute approximate surface area is 115 Å².